The van der Waals surface area contributed by atoms with Gasteiger partial charge in [0, 0.05) is 11.6 Å². The number of nitrogens with zero attached hydrogens (tertiary/aromatic N) is 2. The van der Waals surface area contributed by atoms with E-state index in [9.17, 15) is 4.79 Å². The fourth-order valence-corrected chi connectivity index (χ4v) is 2.79. The van der Waals surface area contributed by atoms with Crippen LogP contribution >= 0.6 is 0 Å². The van der Waals surface area contributed by atoms with Gasteiger partial charge in [0.1, 0.15) is 5.60 Å². The van der Waals surface area contributed by atoms with Gasteiger partial charge in [-0.1, -0.05) is 0 Å². The normalized spacial score (nSPS) is 14.3. The summed E-state index contributed by atoms with van der Waals surface area (Å²) in [6, 6.07) is 7.41. The predicted octanol–water partition coefficient (Wildman–Crippen LogP) is 3.65. The molecule has 4 N–H and O–H groups in total. The van der Waals surface area contributed by atoms with Crippen molar-refractivity contribution in [1.82, 2.24) is 10.2 Å². The maximum absolute atomic E-state index is 12.2. The van der Waals surface area contributed by atoms with E-state index >= 15 is 0 Å². The van der Waals surface area contributed by atoms with Crippen molar-refractivity contribution in [1.29, 1.82) is 0 Å². The summed E-state index contributed by atoms with van der Waals surface area (Å²) in [5, 5.41) is 14.2. The monoisotopic (exact) mass is 385 g/mol. The summed E-state index contributed by atoms with van der Waals surface area (Å²) in [7, 11) is 0. The standard InChI is InChI=1S/C20H27N5O3/c1-12-5-6-18(25-24-12)22-16-9-17(23-19(26)28-20(2,3)4)15(21)8-14(16)7-13-10-27-11-13/h5-6,8-9,13H,7,10-11,21H2,1-4H3,(H,22,25)(H,23,26). The third kappa shape index (κ3) is 5.32. The summed E-state index contributed by atoms with van der Waals surface area (Å²) in [6.07, 6.45) is 0.263. The number of ether oxygens (including phenoxy) is 2. The third-order valence-electron chi connectivity index (χ3n) is 4.19. The second kappa shape index (κ2) is 8.02. The van der Waals surface area contributed by atoms with E-state index in [1.54, 1.807) is 6.07 Å². The Morgan fingerprint density at radius 3 is 2.57 bits per heavy atom. The number of hydrogen-bond donors (Lipinski definition) is 3. The number of anilines is 4. The summed E-state index contributed by atoms with van der Waals surface area (Å²) >= 11 is 0. The Labute approximate surface area is 164 Å². The van der Waals surface area contributed by atoms with Crippen molar-refractivity contribution in [2.45, 2.75) is 39.7 Å². The maximum Gasteiger partial charge on any atom is 0.412 e. The molecule has 0 radical (unpaired) electrons. The number of rotatable bonds is 5. The van der Waals surface area contributed by atoms with Crippen molar-refractivity contribution < 1.29 is 14.3 Å². The van der Waals surface area contributed by atoms with Crippen molar-refractivity contribution in [2.24, 2.45) is 5.92 Å². The number of carbonyl (C=O) groups is 1. The zero-order valence-electron chi connectivity index (χ0n) is 16.7. The molecule has 0 unspecified atom stereocenters. The zero-order chi connectivity index (χ0) is 20.3. The first-order valence-corrected chi connectivity index (χ1v) is 9.27. The van der Waals surface area contributed by atoms with Crippen LogP contribution in [0.2, 0.25) is 0 Å². The largest absolute Gasteiger partial charge is 0.444 e. The van der Waals surface area contributed by atoms with Gasteiger partial charge in [0.05, 0.1) is 30.3 Å². The molecule has 1 aromatic heterocycles. The van der Waals surface area contributed by atoms with Gasteiger partial charge in [-0.2, -0.15) is 5.10 Å². The van der Waals surface area contributed by atoms with Crippen molar-refractivity contribution in [2.75, 3.05) is 29.6 Å². The first kappa shape index (κ1) is 19.9. The molecule has 1 saturated heterocycles. The molecule has 8 nitrogen and oxygen atoms in total. The highest BCUT2D eigenvalue weighted by atomic mass is 16.6. The highest BCUT2D eigenvalue weighted by molar-refractivity contribution is 5.91. The first-order valence-electron chi connectivity index (χ1n) is 9.27. The zero-order valence-corrected chi connectivity index (χ0v) is 16.7. The van der Waals surface area contributed by atoms with Crippen LogP contribution in [0.4, 0.5) is 27.7 Å². The second-order valence-corrected chi connectivity index (χ2v) is 8.02. The molecule has 8 heteroatoms. The van der Waals surface area contributed by atoms with Gasteiger partial charge in [-0.3, -0.25) is 5.32 Å². The molecule has 1 aromatic carbocycles. The lowest BCUT2D eigenvalue weighted by atomic mass is 9.95. The van der Waals surface area contributed by atoms with Crippen LogP contribution in [0.15, 0.2) is 24.3 Å². The number of nitrogen functional groups attached to an aromatic ring is 1. The lowest BCUT2D eigenvalue weighted by Gasteiger charge is -2.27. The quantitative estimate of drug-likeness (QED) is 0.674. The summed E-state index contributed by atoms with van der Waals surface area (Å²) < 4.78 is 10.6. The van der Waals surface area contributed by atoms with Gasteiger partial charge in [0.2, 0.25) is 0 Å². The van der Waals surface area contributed by atoms with Crippen molar-refractivity contribution >= 4 is 29.0 Å². The van der Waals surface area contributed by atoms with Gasteiger partial charge in [0.25, 0.3) is 0 Å². The molecule has 1 aliphatic heterocycles. The summed E-state index contributed by atoms with van der Waals surface area (Å²) in [4.78, 5) is 12.2. The van der Waals surface area contributed by atoms with E-state index in [4.69, 9.17) is 15.2 Å². The molecule has 1 amide bonds. The highest BCUT2D eigenvalue weighted by Crippen LogP contribution is 2.32. The first-order chi connectivity index (χ1) is 13.2. The fraction of sp³-hybridized carbons (Fsp3) is 0.450. The number of nitrogens with one attached hydrogen (secondary N) is 2. The molecule has 3 rings (SSSR count). The van der Waals surface area contributed by atoms with Crippen molar-refractivity contribution in [3.8, 4) is 0 Å². The minimum absolute atomic E-state index is 0.453. The maximum atomic E-state index is 12.2. The molecule has 1 fully saturated rings. The molecule has 28 heavy (non-hydrogen) atoms. The van der Waals surface area contributed by atoms with E-state index in [2.05, 4.69) is 20.8 Å². The van der Waals surface area contributed by atoms with Crippen LogP contribution in [0.1, 0.15) is 32.0 Å². The number of aromatic nitrogens is 2. The molecule has 0 aliphatic carbocycles. The van der Waals surface area contributed by atoms with Gasteiger partial charge < -0.3 is 20.5 Å². The van der Waals surface area contributed by atoms with Crippen LogP contribution < -0.4 is 16.4 Å². The molecule has 2 aromatic rings. The molecular weight excluding hydrogens is 358 g/mol. The van der Waals surface area contributed by atoms with E-state index in [1.807, 2.05) is 45.9 Å². The Morgan fingerprint density at radius 1 is 1.25 bits per heavy atom. The van der Waals surface area contributed by atoms with Crippen molar-refractivity contribution in [3.63, 3.8) is 0 Å². The van der Waals surface area contributed by atoms with Crippen molar-refractivity contribution in [3.05, 3.63) is 35.5 Å². The van der Waals surface area contributed by atoms with Gasteiger partial charge in [0.15, 0.2) is 5.82 Å². The molecule has 2 heterocycles. The minimum Gasteiger partial charge on any atom is -0.444 e. The van der Waals surface area contributed by atoms with Crippen LogP contribution in [0.3, 0.4) is 0 Å². The Bertz CT molecular complexity index is 842. The number of benzene rings is 1. The lowest BCUT2D eigenvalue weighted by Crippen LogP contribution is -2.29. The van der Waals surface area contributed by atoms with Gasteiger partial charge in [-0.15, -0.1) is 5.10 Å². The van der Waals surface area contributed by atoms with Crippen LogP contribution in [0.25, 0.3) is 0 Å². The van der Waals surface area contributed by atoms with E-state index in [1.165, 1.54) is 0 Å². The Hall–Kier alpha value is -2.87. The second-order valence-electron chi connectivity index (χ2n) is 8.02. The van der Waals surface area contributed by atoms with Gasteiger partial charge >= 0.3 is 6.09 Å². The lowest BCUT2D eigenvalue weighted by molar-refractivity contribution is -0.0311. The van der Waals surface area contributed by atoms with E-state index in [0.717, 1.165) is 36.6 Å². The van der Waals surface area contributed by atoms with Crippen LogP contribution in [-0.2, 0) is 15.9 Å². The number of amides is 1. The number of nitrogens with two attached hydrogens (primary N) is 1. The van der Waals surface area contributed by atoms with Gasteiger partial charge in [-0.05, 0) is 63.9 Å². The molecule has 0 spiro atoms. The third-order valence-corrected chi connectivity index (χ3v) is 4.19. The number of aryl methyl sites for hydroxylation is 1. The van der Waals surface area contributed by atoms with Crippen LogP contribution in [0, 0.1) is 12.8 Å². The van der Waals surface area contributed by atoms with E-state index in [-0.39, 0.29) is 0 Å². The van der Waals surface area contributed by atoms with E-state index < -0.39 is 11.7 Å². The number of hydrogen-bond acceptors (Lipinski definition) is 7. The van der Waals surface area contributed by atoms with Crippen LogP contribution in [-0.4, -0.2) is 35.1 Å². The molecule has 0 bridgehead atoms. The minimum atomic E-state index is -0.596. The van der Waals surface area contributed by atoms with E-state index in [0.29, 0.717) is 23.1 Å². The Morgan fingerprint density at radius 2 is 2.00 bits per heavy atom. The smallest absolute Gasteiger partial charge is 0.412 e. The molecule has 150 valence electrons. The average molecular weight is 385 g/mol. The van der Waals surface area contributed by atoms with Crippen LogP contribution in [0.5, 0.6) is 0 Å². The topological polar surface area (TPSA) is 111 Å². The Balaban J connectivity index is 1.86. The summed E-state index contributed by atoms with van der Waals surface area (Å²) in [5.41, 5.74) is 9.22. The van der Waals surface area contributed by atoms with Gasteiger partial charge in [-0.25, -0.2) is 4.79 Å². The predicted molar refractivity (Wildman–Crippen MR) is 109 cm³/mol. The fourth-order valence-electron chi connectivity index (χ4n) is 2.79. The highest BCUT2D eigenvalue weighted by Gasteiger charge is 2.22. The average Bonchev–Trinajstić information content (AvgIpc) is 2.55. The summed E-state index contributed by atoms with van der Waals surface area (Å²) in [5.74, 6) is 1.07. The molecule has 0 saturated carbocycles. The Kier molecular flexibility index (Phi) is 5.69. The summed E-state index contributed by atoms with van der Waals surface area (Å²) in [6.45, 7) is 8.78. The molecular formula is C20H27N5O3. The number of carbonyl (C=O) groups excluding carboxylic acids is 1. The SMILES string of the molecule is Cc1ccc(Nc2cc(NC(=O)OC(C)(C)C)c(N)cc2CC2COC2)nn1. The molecule has 0 atom stereocenters. The molecule has 1 aliphatic rings.